The van der Waals surface area contributed by atoms with Gasteiger partial charge in [0.2, 0.25) is 0 Å². The number of nitrogens with one attached hydrogen (secondary N) is 1. The molecule has 34 heavy (non-hydrogen) atoms. The molecule has 3 aromatic carbocycles. The molecular formula is C31H32N2O. The van der Waals surface area contributed by atoms with Gasteiger partial charge in [0, 0.05) is 17.5 Å². The van der Waals surface area contributed by atoms with Gasteiger partial charge in [-0.3, -0.25) is 4.79 Å². The van der Waals surface area contributed by atoms with Crippen LogP contribution in [0.3, 0.4) is 0 Å². The molecule has 0 saturated heterocycles. The van der Waals surface area contributed by atoms with Crippen LogP contribution in [0.25, 0.3) is 17.2 Å². The Morgan fingerprint density at radius 2 is 1.62 bits per heavy atom. The van der Waals surface area contributed by atoms with Gasteiger partial charge in [-0.25, -0.2) is 0 Å². The lowest BCUT2D eigenvalue weighted by atomic mass is 9.83. The SMILES string of the molecule is CC(=O)/C=C/c1ccc(/C(=C(/CC2CCCC2)c2ccccc2)c2ccc(N)c(C=N)c2)cc1. The van der Waals surface area contributed by atoms with Crippen LogP contribution in [0, 0.1) is 11.3 Å². The first-order chi connectivity index (χ1) is 16.5. The van der Waals surface area contributed by atoms with Crippen molar-refractivity contribution < 1.29 is 4.79 Å². The Hall–Kier alpha value is -3.72. The number of carbonyl (C=O) groups excluding carboxylic acids is 1. The molecule has 1 saturated carbocycles. The zero-order valence-corrected chi connectivity index (χ0v) is 19.8. The first kappa shape index (κ1) is 23.4. The van der Waals surface area contributed by atoms with Crippen molar-refractivity contribution in [3.05, 3.63) is 107 Å². The van der Waals surface area contributed by atoms with Gasteiger partial charge in [0.15, 0.2) is 5.78 Å². The maximum atomic E-state index is 11.4. The summed E-state index contributed by atoms with van der Waals surface area (Å²) in [6.07, 6.45) is 10.9. The third-order valence-corrected chi connectivity index (χ3v) is 6.63. The van der Waals surface area contributed by atoms with Gasteiger partial charge >= 0.3 is 0 Å². The van der Waals surface area contributed by atoms with Crippen LogP contribution in [-0.2, 0) is 4.79 Å². The summed E-state index contributed by atoms with van der Waals surface area (Å²) in [5, 5.41) is 7.83. The summed E-state index contributed by atoms with van der Waals surface area (Å²) in [6.45, 7) is 1.56. The third kappa shape index (κ3) is 5.60. The minimum Gasteiger partial charge on any atom is -0.398 e. The Balaban J connectivity index is 1.91. The van der Waals surface area contributed by atoms with Gasteiger partial charge < -0.3 is 11.1 Å². The largest absolute Gasteiger partial charge is 0.398 e. The van der Waals surface area contributed by atoms with Crippen molar-refractivity contribution in [1.82, 2.24) is 0 Å². The number of hydrogen-bond acceptors (Lipinski definition) is 3. The Bertz CT molecular complexity index is 1210. The molecule has 0 aliphatic heterocycles. The van der Waals surface area contributed by atoms with E-state index in [2.05, 4.69) is 60.7 Å². The zero-order valence-electron chi connectivity index (χ0n) is 19.8. The third-order valence-electron chi connectivity index (χ3n) is 6.63. The molecule has 1 aliphatic rings. The van der Waals surface area contributed by atoms with Crippen molar-refractivity contribution >= 4 is 34.9 Å². The average Bonchev–Trinajstić information content (AvgIpc) is 3.38. The first-order valence-electron chi connectivity index (χ1n) is 12.0. The predicted molar refractivity (Wildman–Crippen MR) is 144 cm³/mol. The molecule has 172 valence electrons. The maximum absolute atomic E-state index is 11.4. The fourth-order valence-corrected chi connectivity index (χ4v) is 4.85. The number of nitrogen functional groups attached to an aromatic ring is 1. The summed E-state index contributed by atoms with van der Waals surface area (Å²) in [6, 6.07) is 25.0. The number of rotatable bonds is 8. The van der Waals surface area contributed by atoms with Crippen LogP contribution in [-0.4, -0.2) is 12.0 Å². The summed E-state index contributed by atoms with van der Waals surface area (Å²) in [5.74, 6) is 0.715. The van der Waals surface area contributed by atoms with Crippen molar-refractivity contribution in [2.24, 2.45) is 5.92 Å². The molecule has 1 aliphatic carbocycles. The zero-order chi connectivity index (χ0) is 23.9. The summed E-state index contributed by atoms with van der Waals surface area (Å²) in [5.41, 5.74) is 14.4. The smallest absolute Gasteiger partial charge is 0.152 e. The summed E-state index contributed by atoms with van der Waals surface area (Å²) >= 11 is 0. The molecule has 0 atom stereocenters. The number of hydrogen-bond donors (Lipinski definition) is 2. The molecule has 0 unspecified atom stereocenters. The van der Waals surface area contributed by atoms with Crippen molar-refractivity contribution in [1.29, 1.82) is 5.41 Å². The minimum atomic E-state index is 0.0358. The van der Waals surface area contributed by atoms with Crippen LogP contribution < -0.4 is 5.73 Å². The molecule has 3 aromatic rings. The number of carbonyl (C=O) groups is 1. The maximum Gasteiger partial charge on any atom is 0.152 e. The molecule has 3 heteroatoms. The number of nitrogens with two attached hydrogens (primary N) is 1. The molecule has 1 fully saturated rings. The molecule has 0 amide bonds. The Kier molecular flexibility index (Phi) is 7.54. The van der Waals surface area contributed by atoms with Gasteiger partial charge in [0.25, 0.3) is 0 Å². The molecule has 0 spiro atoms. The van der Waals surface area contributed by atoms with Crippen LogP contribution in [0.4, 0.5) is 5.69 Å². The summed E-state index contributed by atoms with van der Waals surface area (Å²) < 4.78 is 0. The molecule has 0 heterocycles. The van der Waals surface area contributed by atoms with E-state index in [0.29, 0.717) is 11.6 Å². The van der Waals surface area contributed by atoms with E-state index >= 15 is 0 Å². The Labute approximate surface area is 202 Å². The first-order valence-corrected chi connectivity index (χ1v) is 12.0. The van der Waals surface area contributed by atoms with E-state index in [0.717, 1.165) is 28.7 Å². The van der Waals surface area contributed by atoms with E-state index in [9.17, 15) is 4.79 Å². The predicted octanol–water partition coefficient (Wildman–Crippen LogP) is 7.41. The second kappa shape index (κ2) is 10.9. The average molecular weight is 449 g/mol. The highest BCUT2D eigenvalue weighted by atomic mass is 16.1. The Morgan fingerprint density at radius 3 is 2.26 bits per heavy atom. The lowest BCUT2D eigenvalue weighted by Gasteiger charge is -2.21. The van der Waals surface area contributed by atoms with Crippen LogP contribution in [0.15, 0.2) is 78.9 Å². The highest BCUT2D eigenvalue weighted by molar-refractivity contribution is 6.00. The number of allylic oxidation sites excluding steroid dienone is 2. The van der Waals surface area contributed by atoms with Gasteiger partial charge in [-0.15, -0.1) is 0 Å². The lowest BCUT2D eigenvalue weighted by Crippen LogP contribution is -2.02. The van der Waals surface area contributed by atoms with E-state index in [4.69, 9.17) is 11.1 Å². The number of benzene rings is 3. The van der Waals surface area contributed by atoms with Gasteiger partial charge in [0.1, 0.15) is 0 Å². The van der Waals surface area contributed by atoms with Gasteiger partial charge in [-0.1, -0.05) is 92.4 Å². The van der Waals surface area contributed by atoms with Gasteiger partial charge in [0.05, 0.1) is 0 Å². The van der Waals surface area contributed by atoms with E-state index in [1.165, 1.54) is 48.6 Å². The van der Waals surface area contributed by atoms with Crippen molar-refractivity contribution in [3.8, 4) is 0 Å². The van der Waals surface area contributed by atoms with Crippen molar-refractivity contribution in [3.63, 3.8) is 0 Å². The number of anilines is 1. The van der Waals surface area contributed by atoms with Crippen LogP contribution in [0.2, 0.25) is 0 Å². The molecule has 0 radical (unpaired) electrons. The second-order valence-electron chi connectivity index (χ2n) is 9.13. The fraction of sp³-hybridized carbons (Fsp3) is 0.226. The lowest BCUT2D eigenvalue weighted by molar-refractivity contribution is -0.112. The monoisotopic (exact) mass is 448 g/mol. The minimum absolute atomic E-state index is 0.0358. The van der Waals surface area contributed by atoms with Crippen LogP contribution in [0.1, 0.15) is 66.8 Å². The highest BCUT2D eigenvalue weighted by Gasteiger charge is 2.21. The summed E-state index contributed by atoms with van der Waals surface area (Å²) in [4.78, 5) is 11.4. The molecule has 3 N–H and O–H groups in total. The quantitative estimate of drug-likeness (QED) is 0.163. The summed E-state index contributed by atoms with van der Waals surface area (Å²) in [7, 11) is 0. The molecule has 3 nitrogen and oxygen atoms in total. The number of ketones is 1. The van der Waals surface area contributed by atoms with Crippen LogP contribution >= 0.6 is 0 Å². The van der Waals surface area contributed by atoms with E-state index < -0.39 is 0 Å². The van der Waals surface area contributed by atoms with Crippen molar-refractivity contribution in [2.45, 2.75) is 39.0 Å². The molecule has 0 bridgehead atoms. The standard InChI is InChI=1S/C31H32N2O/c1-22(34)11-12-23-13-15-26(16-14-23)31(27-17-18-30(33)28(20-27)21-32)29(19-24-7-5-6-8-24)25-9-3-2-4-10-25/h2-4,9-18,20-21,24,32H,5-8,19,33H2,1H3/b12-11+,31-29+,32-21?. The topological polar surface area (TPSA) is 66.9 Å². The fourth-order valence-electron chi connectivity index (χ4n) is 4.85. The van der Waals surface area contributed by atoms with E-state index in [1.807, 2.05) is 18.2 Å². The molecule has 0 aromatic heterocycles. The molecule has 4 rings (SSSR count). The normalized spacial score (nSPS) is 14.9. The van der Waals surface area contributed by atoms with Crippen LogP contribution in [0.5, 0.6) is 0 Å². The van der Waals surface area contributed by atoms with E-state index in [-0.39, 0.29) is 5.78 Å². The highest BCUT2D eigenvalue weighted by Crippen LogP contribution is 2.40. The Morgan fingerprint density at radius 1 is 0.941 bits per heavy atom. The van der Waals surface area contributed by atoms with Crippen molar-refractivity contribution in [2.75, 3.05) is 5.73 Å². The molecular weight excluding hydrogens is 416 g/mol. The second-order valence-corrected chi connectivity index (χ2v) is 9.13. The van der Waals surface area contributed by atoms with E-state index in [1.54, 1.807) is 13.0 Å². The van der Waals surface area contributed by atoms with Gasteiger partial charge in [-0.05, 0) is 70.9 Å². The van der Waals surface area contributed by atoms with Gasteiger partial charge in [-0.2, -0.15) is 0 Å².